The highest BCUT2D eigenvalue weighted by molar-refractivity contribution is 7.11. The quantitative estimate of drug-likeness (QED) is 0.874. The van der Waals surface area contributed by atoms with Crippen molar-refractivity contribution >= 4 is 22.4 Å². The zero-order chi connectivity index (χ0) is 11.7. The van der Waals surface area contributed by atoms with Crippen molar-refractivity contribution in [2.75, 3.05) is 11.1 Å². The molecule has 0 bridgehead atoms. The molecule has 0 aromatic carbocycles. The second-order valence-electron chi connectivity index (χ2n) is 4.28. The number of nitrogens with two attached hydrogens (primary N) is 1. The van der Waals surface area contributed by atoms with E-state index in [1.807, 2.05) is 12.1 Å². The Labute approximate surface area is 104 Å². The van der Waals surface area contributed by atoms with Crippen molar-refractivity contribution in [3.63, 3.8) is 0 Å². The molecule has 4 nitrogen and oxygen atoms in total. The van der Waals surface area contributed by atoms with Gasteiger partial charge in [0.05, 0.1) is 5.56 Å². The van der Waals surface area contributed by atoms with Crippen LogP contribution in [0.15, 0.2) is 24.5 Å². The number of nitrogen functional groups attached to an aromatic ring is 1. The van der Waals surface area contributed by atoms with Crippen molar-refractivity contribution in [3.8, 4) is 11.1 Å². The average molecular weight is 246 g/mol. The summed E-state index contributed by atoms with van der Waals surface area (Å²) in [7, 11) is 0. The third-order valence-corrected chi connectivity index (χ3v) is 3.92. The van der Waals surface area contributed by atoms with Crippen LogP contribution in [0.25, 0.3) is 11.1 Å². The van der Waals surface area contributed by atoms with Gasteiger partial charge in [-0.15, -0.1) is 0 Å². The Bertz CT molecular complexity index is 504. The van der Waals surface area contributed by atoms with Crippen LogP contribution in [0.3, 0.4) is 0 Å². The van der Waals surface area contributed by atoms with E-state index in [1.165, 1.54) is 30.8 Å². The molecule has 0 radical (unpaired) electrons. The number of hydrogen-bond donors (Lipinski definition) is 2. The van der Waals surface area contributed by atoms with Gasteiger partial charge in [-0.2, -0.15) is 4.37 Å². The normalized spacial score (nSPS) is 15.5. The first kappa shape index (κ1) is 10.5. The molecule has 0 spiro atoms. The van der Waals surface area contributed by atoms with Gasteiger partial charge in [0, 0.05) is 18.4 Å². The Hall–Kier alpha value is -1.62. The summed E-state index contributed by atoms with van der Waals surface area (Å²) in [5, 5.41) is 4.60. The van der Waals surface area contributed by atoms with E-state index in [9.17, 15) is 0 Å². The van der Waals surface area contributed by atoms with Gasteiger partial charge in [-0.05, 0) is 48.5 Å². The molecule has 0 atom stereocenters. The Morgan fingerprint density at radius 3 is 2.71 bits per heavy atom. The molecular weight excluding hydrogens is 232 g/mol. The topological polar surface area (TPSA) is 63.8 Å². The summed E-state index contributed by atoms with van der Waals surface area (Å²) in [6, 6.07) is 4.52. The van der Waals surface area contributed by atoms with Crippen LogP contribution in [0, 0.1) is 0 Å². The van der Waals surface area contributed by atoms with Gasteiger partial charge >= 0.3 is 0 Å². The molecule has 3 rings (SSSR count). The lowest BCUT2D eigenvalue weighted by atomic mass is 9.93. The maximum Gasteiger partial charge on any atom is 0.147 e. The largest absolute Gasteiger partial charge is 0.382 e. The molecule has 2 aromatic rings. The minimum atomic E-state index is 0.593. The van der Waals surface area contributed by atoms with Crippen molar-refractivity contribution < 1.29 is 0 Å². The predicted octanol–water partition coefficient (Wildman–Crippen LogP) is 2.75. The van der Waals surface area contributed by atoms with Crippen molar-refractivity contribution in [2.24, 2.45) is 0 Å². The summed E-state index contributed by atoms with van der Waals surface area (Å²) in [5.74, 6) is 0.600. The monoisotopic (exact) mass is 246 g/mol. The second-order valence-corrected chi connectivity index (χ2v) is 5.05. The average Bonchev–Trinajstić information content (AvgIpc) is 2.66. The van der Waals surface area contributed by atoms with Crippen molar-refractivity contribution in [1.29, 1.82) is 0 Å². The lowest BCUT2D eigenvalue weighted by Crippen LogP contribution is -2.26. The van der Waals surface area contributed by atoms with Crippen LogP contribution in [0.4, 0.5) is 10.8 Å². The van der Waals surface area contributed by atoms with Gasteiger partial charge < -0.3 is 11.1 Å². The van der Waals surface area contributed by atoms with E-state index in [0.717, 1.165) is 16.1 Å². The molecule has 1 fully saturated rings. The highest BCUT2D eigenvalue weighted by Gasteiger charge is 2.21. The summed E-state index contributed by atoms with van der Waals surface area (Å²) in [4.78, 5) is 4.02. The molecular formula is C12H14N4S. The summed E-state index contributed by atoms with van der Waals surface area (Å²) in [6.07, 6.45) is 7.36. The Morgan fingerprint density at radius 1 is 1.29 bits per heavy atom. The molecule has 0 saturated heterocycles. The van der Waals surface area contributed by atoms with Crippen molar-refractivity contribution in [2.45, 2.75) is 25.3 Å². The summed E-state index contributed by atoms with van der Waals surface area (Å²) in [6.45, 7) is 0. The standard InChI is InChI=1S/C12H14N4S/c13-11-10(8-4-6-14-7-5-8)12(17-16-11)15-9-2-1-3-9/h4-7,9,15H,1-3H2,(H2,13,16). The molecule has 88 valence electrons. The number of aromatic nitrogens is 2. The van der Waals surface area contributed by atoms with E-state index in [4.69, 9.17) is 5.73 Å². The molecule has 2 aromatic heterocycles. The number of anilines is 2. The molecule has 5 heteroatoms. The number of nitrogens with zero attached hydrogens (tertiary/aromatic N) is 2. The molecule has 1 saturated carbocycles. The minimum absolute atomic E-state index is 0.593. The van der Waals surface area contributed by atoms with E-state index in [0.29, 0.717) is 11.9 Å². The van der Waals surface area contributed by atoms with E-state index < -0.39 is 0 Å². The number of rotatable bonds is 3. The lowest BCUT2D eigenvalue weighted by molar-refractivity contribution is 0.446. The SMILES string of the molecule is Nc1nsc(NC2CCC2)c1-c1ccncc1. The van der Waals surface area contributed by atoms with Gasteiger partial charge in [0.1, 0.15) is 10.8 Å². The molecule has 0 aliphatic heterocycles. The van der Waals surface area contributed by atoms with Gasteiger partial charge in [-0.1, -0.05) is 0 Å². The van der Waals surface area contributed by atoms with Gasteiger partial charge in [0.25, 0.3) is 0 Å². The van der Waals surface area contributed by atoms with E-state index in [-0.39, 0.29) is 0 Å². The fraction of sp³-hybridized carbons (Fsp3) is 0.333. The van der Waals surface area contributed by atoms with Gasteiger partial charge in [-0.25, -0.2) is 0 Å². The fourth-order valence-corrected chi connectivity index (χ4v) is 2.75. The maximum absolute atomic E-state index is 5.95. The molecule has 1 aliphatic carbocycles. The Balaban J connectivity index is 1.94. The molecule has 17 heavy (non-hydrogen) atoms. The van der Waals surface area contributed by atoms with Crippen LogP contribution in [0.2, 0.25) is 0 Å². The first-order valence-electron chi connectivity index (χ1n) is 5.76. The van der Waals surface area contributed by atoms with Crippen LogP contribution < -0.4 is 11.1 Å². The molecule has 0 amide bonds. The van der Waals surface area contributed by atoms with Crippen LogP contribution in [-0.2, 0) is 0 Å². The first-order valence-corrected chi connectivity index (χ1v) is 6.54. The summed E-state index contributed by atoms with van der Waals surface area (Å²) >= 11 is 1.44. The Morgan fingerprint density at radius 2 is 2.06 bits per heavy atom. The van der Waals surface area contributed by atoms with Crippen LogP contribution in [0.5, 0.6) is 0 Å². The fourth-order valence-electron chi connectivity index (χ4n) is 1.94. The van der Waals surface area contributed by atoms with Gasteiger partial charge in [0.15, 0.2) is 0 Å². The smallest absolute Gasteiger partial charge is 0.147 e. The van der Waals surface area contributed by atoms with Gasteiger partial charge in [0.2, 0.25) is 0 Å². The number of pyridine rings is 1. The summed E-state index contributed by atoms with van der Waals surface area (Å²) < 4.78 is 4.24. The predicted molar refractivity (Wildman–Crippen MR) is 71.0 cm³/mol. The lowest BCUT2D eigenvalue weighted by Gasteiger charge is -2.27. The third-order valence-electron chi connectivity index (χ3n) is 3.13. The minimum Gasteiger partial charge on any atom is -0.382 e. The zero-order valence-electron chi connectivity index (χ0n) is 9.39. The summed E-state index contributed by atoms with van der Waals surface area (Å²) in [5.41, 5.74) is 8.04. The maximum atomic E-state index is 5.95. The second kappa shape index (κ2) is 4.33. The van der Waals surface area contributed by atoms with Crippen LogP contribution in [0.1, 0.15) is 19.3 Å². The van der Waals surface area contributed by atoms with E-state index in [2.05, 4.69) is 14.7 Å². The van der Waals surface area contributed by atoms with E-state index >= 15 is 0 Å². The molecule has 0 unspecified atom stereocenters. The molecule has 3 N–H and O–H groups in total. The highest BCUT2D eigenvalue weighted by atomic mass is 32.1. The van der Waals surface area contributed by atoms with E-state index in [1.54, 1.807) is 12.4 Å². The van der Waals surface area contributed by atoms with Crippen molar-refractivity contribution in [3.05, 3.63) is 24.5 Å². The highest BCUT2D eigenvalue weighted by Crippen LogP contribution is 2.38. The number of nitrogens with one attached hydrogen (secondary N) is 1. The number of hydrogen-bond acceptors (Lipinski definition) is 5. The first-order chi connectivity index (χ1) is 8.34. The van der Waals surface area contributed by atoms with Gasteiger partial charge in [-0.3, -0.25) is 4.98 Å². The molecule has 2 heterocycles. The van der Waals surface area contributed by atoms with Crippen LogP contribution >= 0.6 is 11.5 Å². The van der Waals surface area contributed by atoms with Crippen molar-refractivity contribution in [1.82, 2.24) is 9.36 Å². The molecule has 1 aliphatic rings. The zero-order valence-corrected chi connectivity index (χ0v) is 10.2. The van der Waals surface area contributed by atoms with Crippen LogP contribution in [-0.4, -0.2) is 15.4 Å². The Kier molecular flexibility index (Phi) is 2.68. The third kappa shape index (κ3) is 1.98.